The van der Waals surface area contributed by atoms with E-state index in [1.807, 2.05) is 6.92 Å². The van der Waals surface area contributed by atoms with Crippen LogP contribution in [0.25, 0.3) is 0 Å². The van der Waals surface area contributed by atoms with Gasteiger partial charge in [0.2, 0.25) is 0 Å². The minimum atomic E-state index is 0.00868. The van der Waals surface area contributed by atoms with Crippen LogP contribution in [0.5, 0.6) is 0 Å². The summed E-state index contributed by atoms with van der Waals surface area (Å²) in [5.74, 6) is 0. The number of hydrogen-bond donors (Lipinski definition) is 1. The molecule has 0 amide bonds. The first-order valence-electron chi connectivity index (χ1n) is 2.53. The molecular formula is C5H9NO2. The molecule has 0 saturated carbocycles. The Balaban J connectivity index is 2.41. The van der Waals surface area contributed by atoms with Gasteiger partial charge >= 0.3 is 0 Å². The topological polar surface area (TPSA) is 41.8 Å². The van der Waals surface area contributed by atoms with Crippen LogP contribution in [-0.2, 0) is 4.74 Å². The van der Waals surface area contributed by atoms with Gasteiger partial charge in [0, 0.05) is 0 Å². The minimum Gasteiger partial charge on any atom is -0.411 e. The lowest BCUT2D eigenvalue weighted by Gasteiger charge is -2.33. The summed E-state index contributed by atoms with van der Waals surface area (Å²) < 4.78 is 4.89. The summed E-state index contributed by atoms with van der Waals surface area (Å²) >= 11 is 0. The third-order valence-corrected chi connectivity index (χ3v) is 1.23. The third-order valence-electron chi connectivity index (χ3n) is 1.23. The van der Waals surface area contributed by atoms with Gasteiger partial charge in [-0.05, 0) is 0 Å². The average molecular weight is 115 g/mol. The maximum atomic E-state index is 8.08. The van der Waals surface area contributed by atoms with Crippen molar-refractivity contribution in [3.8, 4) is 0 Å². The van der Waals surface area contributed by atoms with Gasteiger partial charge in [0.25, 0.3) is 0 Å². The van der Waals surface area contributed by atoms with E-state index in [0.29, 0.717) is 13.2 Å². The highest BCUT2D eigenvalue weighted by Gasteiger charge is 2.31. The lowest BCUT2D eigenvalue weighted by molar-refractivity contribution is -0.0565. The Kier molecular flexibility index (Phi) is 1.21. The van der Waals surface area contributed by atoms with Crippen LogP contribution >= 0.6 is 0 Å². The van der Waals surface area contributed by atoms with Crippen LogP contribution in [0, 0.1) is 5.41 Å². The second kappa shape index (κ2) is 1.74. The Hall–Kier alpha value is -0.570. The molecule has 1 N–H and O–H groups in total. The molecule has 0 unspecified atom stereocenters. The predicted molar refractivity (Wildman–Crippen MR) is 29.2 cm³/mol. The van der Waals surface area contributed by atoms with E-state index in [9.17, 15) is 0 Å². The van der Waals surface area contributed by atoms with E-state index < -0.39 is 0 Å². The number of rotatable bonds is 1. The van der Waals surface area contributed by atoms with Gasteiger partial charge in [0.05, 0.1) is 24.8 Å². The second-order valence-electron chi connectivity index (χ2n) is 2.39. The molecule has 1 rings (SSSR count). The van der Waals surface area contributed by atoms with Gasteiger partial charge in [0.15, 0.2) is 0 Å². The Labute approximate surface area is 48.0 Å². The van der Waals surface area contributed by atoms with Crippen molar-refractivity contribution in [2.45, 2.75) is 6.92 Å². The fourth-order valence-electron chi connectivity index (χ4n) is 0.638. The quantitative estimate of drug-likeness (QED) is 0.307. The molecule has 1 aliphatic heterocycles. The van der Waals surface area contributed by atoms with Gasteiger partial charge in [-0.15, -0.1) is 5.16 Å². The first-order valence-corrected chi connectivity index (χ1v) is 2.53. The van der Waals surface area contributed by atoms with Gasteiger partial charge in [-0.2, -0.15) is 0 Å². The Morgan fingerprint density at radius 2 is 2.38 bits per heavy atom. The van der Waals surface area contributed by atoms with E-state index >= 15 is 0 Å². The largest absolute Gasteiger partial charge is 0.411 e. The summed E-state index contributed by atoms with van der Waals surface area (Å²) in [4.78, 5) is 0. The van der Waals surface area contributed by atoms with Gasteiger partial charge in [0.1, 0.15) is 0 Å². The van der Waals surface area contributed by atoms with Crippen LogP contribution in [0.4, 0.5) is 0 Å². The van der Waals surface area contributed by atoms with Crippen molar-refractivity contribution in [3.63, 3.8) is 0 Å². The van der Waals surface area contributed by atoms with Crippen molar-refractivity contribution in [1.82, 2.24) is 0 Å². The van der Waals surface area contributed by atoms with Crippen molar-refractivity contribution < 1.29 is 9.94 Å². The highest BCUT2D eigenvalue weighted by molar-refractivity contribution is 5.65. The molecule has 0 aromatic carbocycles. The van der Waals surface area contributed by atoms with E-state index in [1.54, 1.807) is 0 Å². The van der Waals surface area contributed by atoms with E-state index in [-0.39, 0.29) is 5.41 Å². The highest BCUT2D eigenvalue weighted by Crippen LogP contribution is 2.23. The Bertz CT molecular complexity index is 107. The Morgan fingerprint density at radius 1 is 1.75 bits per heavy atom. The van der Waals surface area contributed by atoms with E-state index in [2.05, 4.69) is 5.16 Å². The molecule has 1 heterocycles. The van der Waals surface area contributed by atoms with Gasteiger partial charge < -0.3 is 9.94 Å². The first-order chi connectivity index (χ1) is 3.77. The molecule has 1 saturated heterocycles. The van der Waals surface area contributed by atoms with Crippen LogP contribution in [0.1, 0.15) is 6.92 Å². The van der Waals surface area contributed by atoms with Crippen molar-refractivity contribution >= 4 is 6.21 Å². The van der Waals surface area contributed by atoms with Crippen molar-refractivity contribution in [1.29, 1.82) is 0 Å². The standard InChI is InChI=1S/C5H9NO2/c1-5(2-6-7)3-8-4-5/h2,7H,3-4H2,1H3. The van der Waals surface area contributed by atoms with E-state index in [0.717, 1.165) is 0 Å². The second-order valence-corrected chi connectivity index (χ2v) is 2.39. The molecule has 3 heteroatoms. The monoisotopic (exact) mass is 115 g/mol. The minimum absolute atomic E-state index is 0.00868. The fraction of sp³-hybridized carbons (Fsp3) is 0.800. The van der Waals surface area contributed by atoms with Crippen LogP contribution < -0.4 is 0 Å². The lowest BCUT2D eigenvalue weighted by atomic mass is 9.91. The molecule has 0 aromatic heterocycles. The fourth-order valence-corrected chi connectivity index (χ4v) is 0.638. The molecule has 1 fully saturated rings. The molecule has 0 atom stereocenters. The number of oxime groups is 1. The van der Waals surface area contributed by atoms with Crippen LogP contribution in [-0.4, -0.2) is 24.6 Å². The summed E-state index contributed by atoms with van der Waals surface area (Å²) in [5.41, 5.74) is 0.00868. The van der Waals surface area contributed by atoms with Crippen molar-refractivity contribution in [2.75, 3.05) is 13.2 Å². The SMILES string of the molecule is CC1(C=NO)COC1. The summed E-state index contributed by atoms with van der Waals surface area (Å²) in [7, 11) is 0. The zero-order valence-electron chi connectivity index (χ0n) is 4.79. The third kappa shape index (κ3) is 0.816. The normalized spacial score (nSPS) is 25.6. The van der Waals surface area contributed by atoms with Crippen molar-refractivity contribution in [2.24, 2.45) is 10.6 Å². The molecule has 0 spiro atoms. The smallest absolute Gasteiger partial charge is 0.0593 e. The van der Waals surface area contributed by atoms with Crippen molar-refractivity contribution in [3.05, 3.63) is 0 Å². The number of ether oxygens (including phenoxy) is 1. The molecule has 0 radical (unpaired) electrons. The number of nitrogens with zero attached hydrogens (tertiary/aromatic N) is 1. The summed E-state index contributed by atoms with van der Waals surface area (Å²) in [6.07, 6.45) is 1.51. The van der Waals surface area contributed by atoms with Crippen LogP contribution in [0.2, 0.25) is 0 Å². The molecule has 0 aliphatic carbocycles. The molecule has 3 nitrogen and oxygen atoms in total. The maximum absolute atomic E-state index is 8.08. The maximum Gasteiger partial charge on any atom is 0.0593 e. The van der Waals surface area contributed by atoms with E-state index in [1.165, 1.54) is 6.21 Å². The molecule has 0 bridgehead atoms. The first kappa shape index (κ1) is 5.56. The number of hydrogen-bond acceptors (Lipinski definition) is 3. The molecule has 46 valence electrons. The van der Waals surface area contributed by atoms with E-state index in [4.69, 9.17) is 9.94 Å². The summed E-state index contributed by atoms with van der Waals surface area (Å²) in [5, 5.41) is 11.0. The predicted octanol–water partition coefficient (Wildman–Crippen LogP) is 0.483. The molecule has 8 heavy (non-hydrogen) atoms. The molecule has 1 aliphatic rings. The zero-order valence-corrected chi connectivity index (χ0v) is 4.79. The molecule has 0 aromatic rings. The lowest BCUT2D eigenvalue weighted by Crippen LogP contribution is -2.40. The summed E-state index contributed by atoms with van der Waals surface area (Å²) in [6, 6.07) is 0. The van der Waals surface area contributed by atoms with Gasteiger partial charge in [-0.3, -0.25) is 0 Å². The van der Waals surface area contributed by atoms with Gasteiger partial charge in [-0.25, -0.2) is 0 Å². The summed E-state index contributed by atoms with van der Waals surface area (Å²) in [6.45, 7) is 3.34. The molecular weight excluding hydrogens is 106 g/mol. The van der Waals surface area contributed by atoms with Crippen LogP contribution in [0.15, 0.2) is 5.16 Å². The zero-order chi connectivity index (χ0) is 6.04. The highest BCUT2D eigenvalue weighted by atomic mass is 16.5. The van der Waals surface area contributed by atoms with Crippen LogP contribution in [0.3, 0.4) is 0 Å². The average Bonchev–Trinajstić information content (AvgIpc) is 1.64. The Morgan fingerprint density at radius 3 is 2.50 bits per heavy atom. The van der Waals surface area contributed by atoms with Gasteiger partial charge in [-0.1, -0.05) is 6.92 Å².